The molecule has 3 rings (SSSR count). The normalized spacial score (nSPS) is 21.6. The van der Waals surface area contributed by atoms with E-state index in [1.165, 1.54) is 6.07 Å². The second-order valence-electron chi connectivity index (χ2n) is 5.84. The van der Waals surface area contributed by atoms with Crippen LogP contribution in [0.2, 0.25) is 0 Å². The number of aryl methyl sites for hydroxylation is 1. The summed E-state index contributed by atoms with van der Waals surface area (Å²) in [4.78, 5) is 12.2. The molecular weight excluding hydrogens is 273 g/mol. The van der Waals surface area contributed by atoms with Crippen LogP contribution in [0.3, 0.4) is 0 Å². The molecule has 5 heteroatoms. The molecule has 0 aromatic heterocycles. The number of hydrogen-bond donors (Lipinski definition) is 1. The Morgan fingerprint density at radius 2 is 1.95 bits per heavy atom. The van der Waals surface area contributed by atoms with E-state index in [4.69, 9.17) is 9.47 Å². The van der Waals surface area contributed by atoms with Crippen molar-refractivity contribution in [1.29, 1.82) is 0 Å². The van der Waals surface area contributed by atoms with Gasteiger partial charge in [0.15, 0.2) is 5.79 Å². The second kappa shape index (κ2) is 5.73. The third-order valence-electron chi connectivity index (χ3n) is 4.26. The average molecular weight is 293 g/mol. The van der Waals surface area contributed by atoms with Gasteiger partial charge in [-0.15, -0.1) is 0 Å². The minimum Gasteiger partial charge on any atom is -0.349 e. The van der Waals surface area contributed by atoms with Gasteiger partial charge in [-0.2, -0.15) is 0 Å². The summed E-state index contributed by atoms with van der Waals surface area (Å²) < 4.78 is 25.0. The quantitative estimate of drug-likeness (QED) is 0.911. The SMILES string of the molecule is Cc1ccc(F)c(C(=O)NC2CCC3(CC2)OCCO3)c1. The van der Waals surface area contributed by atoms with Crippen molar-refractivity contribution in [3.05, 3.63) is 35.1 Å². The van der Waals surface area contributed by atoms with E-state index < -0.39 is 11.6 Å². The van der Waals surface area contributed by atoms with Gasteiger partial charge < -0.3 is 14.8 Å². The Hall–Kier alpha value is -1.46. The van der Waals surface area contributed by atoms with Crippen LogP contribution in [-0.4, -0.2) is 30.9 Å². The Bertz CT molecular complexity index is 530. The zero-order valence-corrected chi connectivity index (χ0v) is 12.2. The average Bonchev–Trinajstić information content (AvgIpc) is 2.93. The lowest BCUT2D eigenvalue weighted by atomic mass is 9.90. The predicted octanol–water partition coefficient (Wildman–Crippen LogP) is 2.55. The van der Waals surface area contributed by atoms with Crippen molar-refractivity contribution in [2.75, 3.05) is 13.2 Å². The summed E-state index contributed by atoms with van der Waals surface area (Å²) in [5.74, 6) is -1.26. The highest BCUT2D eigenvalue weighted by Crippen LogP contribution is 2.35. The zero-order valence-electron chi connectivity index (χ0n) is 12.2. The van der Waals surface area contributed by atoms with Crippen molar-refractivity contribution >= 4 is 5.91 Å². The molecule has 1 aliphatic heterocycles. The maximum absolute atomic E-state index is 13.7. The molecule has 2 fully saturated rings. The van der Waals surface area contributed by atoms with Gasteiger partial charge in [-0.25, -0.2) is 4.39 Å². The molecule has 0 bridgehead atoms. The number of ether oxygens (including phenoxy) is 2. The summed E-state index contributed by atoms with van der Waals surface area (Å²) in [6, 6.07) is 4.62. The number of rotatable bonds is 2. The molecule has 1 saturated carbocycles. The van der Waals surface area contributed by atoms with Crippen LogP contribution in [0.15, 0.2) is 18.2 Å². The van der Waals surface area contributed by atoms with E-state index in [0.29, 0.717) is 13.2 Å². The molecule has 1 heterocycles. The first-order chi connectivity index (χ1) is 10.1. The molecular formula is C16H20FNO3. The molecule has 1 saturated heterocycles. The third-order valence-corrected chi connectivity index (χ3v) is 4.26. The van der Waals surface area contributed by atoms with Crippen LogP contribution in [0.25, 0.3) is 0 Å². The molecule has 2 aliphatic rings. The van der Waals surface area contributed by atoms with Crippen LogP contribution in [0.4, 0.5) is 4.39 Å². The first-order valence-corrected chi connectivity index (χ1v) is 7.43. The number of halogens is 1. The molecule has 1 aliphatic carbocycles. The molecule has 4 nitrogen and oxygen atoms in total. The summed E-state index contributed by atoms with van der Waals surface area (Å²) >= 11 is 0. The summed E-state index contributed by atoms with van der Waals surface area (Å²) in [6.45, 7) is 3.13. The van der Waals surface area contributed by atoms with E-state index in [0.717, 1.165) is 31.2 Å². The van der Waals surface area contributed by atoms with Crippen molar-refractivity contribution in [2.45, 2.75) is 44.4 Å². The maximum Gasteiger partial charge on any atom is 0.254 e. The van der Waals surface area contributed by atoms with Gasteiger partial charge in [0.25, 0.3) is 5.91 Å². The van der Waals surface area contributed by atoms with Gasteiger partial charge >= 0.3 is 0 Å². The van der Waals surface area contributed by atoms with Crippen LogP contribution in [-0.2, 0) is 9.47 Å². The van der Waals surface area contributed by atoms with E-state index >= 15 is 0 Å². The number of amides is 1. The highest BCUT2D eigenvalue weighted by molar-refractivity contribution is 5.94. The Morgan fingerprint density at radius 3 is 2.62 bits per heavy atom. The standard InChI is InChI=1S/C16H20FNO3/c1-11-2-3-14(17)13(10-11)15(19)18-12-4-6-16(7-5-12)20-8-9-21-16/h2-3,10,12H,4-9H2,1H3,(H,18,19). The molecule has 1 N–H and O–H groups in total. The zero-order chi connectivity index (χ0) is 14.9. The van der Waals surface area contributed by atoms with Crippen LogP contribution in [0.5, 0.6) is 0 Å². The summed E-state index contributed by atoms with van der Waals surface area (Å²) in [7, 11) is 0. The molecule has 21 heavy (non-hydrogen) atoms. The van der Waals surface area contributed by atoms with E-state index in [1.807, 2.05) is 6.92 Å². The molecule has 0 radical (unpaired) electrons. The van der Waals surface area contributed by atoms with E-state index in [-0.39, 0.29) is 17.5 Å². The summed E-state index contributed by atoms with van der Waals surface area (Å²) in [5, 5.41) is 2.92. The van der Waals surface area contributed by atoms with Crippen molar-refractivity contribution in [2.24, 2.45) is 0 Å². The van der Waals surface area contributed by atoms with Crippen molar-refractivity contribution in [3.8, 4) is 0 Å². The first-order valence-electron chi connectivity index (χ1n) is 7.43. The summed E-state index contributed by atoms with van der Waals surface area (Å²) in [5.41, 5.74) is 0.987. The van der Waals surface area contributed by atoms with Crippen LogP contribution in [0, 0.1) is 12.7 Å². The van der Waals surface area contributed by atoms with Gasteiger partial charge in [0, 0.05) is 18.9 Å². The first kappa shape index (κ1) is 14.5. The highest BCUT2D eigenvalue weighted by atomic mass is 19.1. The van der Waals surface area contributed by atoms with Gasteiger partial charge in [-0.05, 0) is 31.9 Å². The molecule has 1 aromatic rings. The van der Waals surface area contributed by atoms with Crippen LogP contribution >= 0.6 is 0 Å². The van der Waals surface area contributed by atoms with Gasteiger partial charge in [0.05, 0.1) is 18.8 Å². The largest absolute Gasteiger partial charge is 0.349 e. The predicted molar refractivity (Wildman–Crippen MR) is 75.5 cm³/mol. The lowest BCUT2D eigenvalue weighted by molar-refractivity contribution is -0.179. The third kappa shape index (κ3) is 3.09. The Labute approximate surface area is 123 Å². The molecule has 114 valence electrons. The van der Waals surface area contributed by atoms with E-state index in [1.54, 1.807) is 12.1 Å². The minimum absolute atomic E-state index is 0.0517. The molecule has 0 atom stereocenters. The van der Waals surface area contributed by atoms with Crippen molar-refractivity contribution in [1.82, 2.24) is 5.32 Å². The highest BCUT2D eigenvalue weighted by Gasteiger charge is 2.40. The van der Waals surface area contributed by atoms with E-state index in [9.17, 15) is 9.18 Å². The maximum atomic E-state index is 13.7. The van der Waals surface area contributed by atoms with Crippen molar-refractivity contribution in [3.63, 3.8) is 0 Å². The molecule has 1 spiro atoms. The fourth-order valence-corrected chi connectivity index (χ4v) is 3.06. The number of nitrogens with one attached hydrogen (secondary N) is 1. The Morgan fingerprint density at radius 1 is 1.29 bits per heavy atom. The van der Waals surface area contributed by atoms with Gasteiger partial charge in [-0.1, -0.05) is 11.6 Å². The number of benzene rings is 1. The number of hydrogen-bond acceptors (Lipinski definition) is 3. The number of carbonyl (C=O) groups excluding carboxylic acids is 1. The number of carbonyl (C=O) groups is 1. The van der Waals surface area contributed by atoms with Crippen LogP contribution < -0.4 is 5.32 Å². The van der Waals surface area contributed by atoms with Gasteiger partial charge in [0.2, 0.25) is 0 Å². The molecule has 1 amide bonds. The topological polar surface area (TPSA) is 47.6 Å². The fraction of sp³-hybridized carbons (Fsp3) is 0.562. The lowest BCUT2D eigenvalue weighted by Crippen LogP contribution is -2.44. The lowest BCUT2D eigenvalue weighted by Gasteiger charge is -2.35. The van der Waals surface area contributed by atoms with E-state index in [2.05, 4.69) is 5.32 Å². The van der Waals surface area contributed by atoms with Crippen molar-refractivity contribution < 1.29 is 18.7 Å². The van der Waals surface area contributed by atoms with Gasteiger partial charge in [0.1, 0.15) is 5.82 Å². The summed E-state index contributed by atoms with van der Waals surface area (Å²) in [6.07, 6.45) is 3.13. The molecule has 1 aromatic carbocycles. The second-order valence-corrected chi connectivity index (χ2v) is 5.84. The van der Waals surface area contributed by atoms with Gasteiger partial charge in [-0.3, -0.25) is 4.79 Å². The minimum atomic E-state index is -0.479. The van der Waals surface area contributed by atoms with Crippen LogP contribution in [0.1, 0.15) is 41.6 Å². The Balaban J connectivity index is 1.60. The smallest absolute Gasteiger partial charge is 0.254 e. The monoisotopic (exact) mass is 293 g/mol. The molecule has 0 unspecified atom stereocenters. The Kier molecular flexibility index (Phi) is 3.95. The fourth-order valence-electron chi connectivity index (χ4n) is 3.06.